The molecule has 3 aromatic rings. The number of halogens is 3. The van der Waals surface area contributed by atoms with Crippen LogP contribution in [0.4, 0.5) is 0 Å². The van der Waals surface area contributed by atoms with E-state index < -0.39 is 18.1 Å². The summed E-state index contributed by atoms with van der Waals surface area (Å²) in [6.07, 6.45) is 9.47. The summed E-state index contributed by atoms with van der Waals surface area (Å²) in [4.78, 5) is 86.3. The smallest absolute Gasteiger partial charge is 0.373 e. The van der Waals surface area contributed by atoms with Crippen LogP contribution in [-0.4, -0.2) is 155 Å². The molecule has 76 heavy (non-hydrogen) atoms. The summed E-state index contributed by atoms with van der Waals surface area (Å²) in [6, 6.07) is 17.9. The van der Waals surface area contributed by atoms with E-state index in [4.69, 9.17) is 53.9 Å². The van der Waals surface area contributed by atoms with E-state index in [-0.39, 0.29) is 48.0 Å². The minimum absolute atomic E-state index is 0.00539. The van der Waals surface area contributed by atoms with Gasteiger partial charge in [0.1, 0.15) is 18.1 Å². The van der Waals surface area contributed by atoms with E-state index >= 15 is 0 Å². The van der Waals surface area contributed by atoms with E-state index in [1.165, 1.54) is 30.9 Å². The first-order chi connectivity index (χ1) is 36.4. The molecule has 0 radical (unpaired) electrons. The number of likely N-dealkylation sites (tertiary alicyclic amines) is 5. The number of hydrogen-bond acceptors (Lipinski definition) is 13. The van der Waals surface area contributed by atoms with E-state index in [1.807, 2.05) is 45.0 Å². The molecular formula is C57H77Cl3N6O10. The highest BCUT2D eigenvalue weighted by Gasteiger charge is 2.43. The number of aliphatic carboxylic acids is 1. The molecule has 5 aliphatic heterocycles. The van der Waals surface area contributed by atoms with Gasteiger partial charge < -0.3 is 29.7 Å². The molecule has 3 atom stereocenters. The molecule has 0 bridgehead atoms. The Morgan fingerprint density at radius 2 is 0.987 bits per heavy atom. The monoisotopic (exact) mass is 1110 g/mol. The van der Waals surface area contributed by atoms with Gasteiger partial charge >= 0.3 is 24.1 Å². The molecule has 19 heteroatoms. The maximum Gasteiger partial charge on any atom is 0.373 e. The molecule has 5 heterocycles. The SMILES string of the molecule is CCC[C@@H](NC1CCN(Cc2ccc(Cl)c(C)c2)CC1)C(=O)OC.COC(=O)[C@H]1CCC(=O)N1C1CCN(Cc2ccc(Cl)c(C)c2)CC1.Cc1cc(CN2CCC(N3C(=O)CC[C@@H]3C(=O)O)CC2)ccc1Cl.O=C=O. The number of hydrogen-bond donors (Lipinski definition) is 2. The van der Waals surface area contributed by atoms with Gasteiger partial charge in [0.25, 0.3) is 0 Å². The highest BCUT2D eigenvalue weighted by molar-refractivity contribution is 6.32. The number of carbonyl (C=O) groups excluding carboxylic acids is 6. The molecule has 5 saturated heterocycles. The number of benzene rings is 3. The number of carboxylic acid groups (broad SMARTS) is 1. The number of carboxylic acids is 1. The molecule has 8 rings (SSSR count). The topological polar surface area (TPSA) is 186 Å². The van der Waals surface area contributed by atoms with Gasteiger partial charge in [0.2, 0.25) is 11.8 Å². The van der Waals surface area contributed by atoms with Gasteiger partial charge in [-0.2, -0.15) is 9.59 Å². The number of nitrogens with one attached hydrogen (secondary N) is 1. The molecule has 16 nitrogen and oxygen atoms in total. The maximum atomic E-state index is 12.2. The quantitative estimate of drug-likeness (QED) is 0.138. The van der Waals surface area contributed by atoms with Gasteiger partial charge in [-0.3, -0.25) is 29.1 Å². The largest absolute Gasteiger partial charge is 0.480 e. The second-order valence-corrected chi connectivity index (χ2v) is 21.7. The second-order valence-electron chi connectivity index (χ2n) is 20.5. The van der Waals surface area contributed by atoms with Crippen LogP contribution >= 0.6 is 34.8 Å². The second kappa shape index (κ2) is 30.9. The van der Waals surface area contributed by atoms with Crippen molar-refractivity contribution in [3.8, 4) is 0 Å². The summed E-state index contributed by atoms with van der Waals surface area (Å²) in [5.41, 5.74) is 7.10. The van der Waals surface area contributed by atoms with Gasteiger partial charge in [0, 0.05) is 91.8 Å². The lowest BCUT2D eigenvalue weighted by Gasteiger charge is -2.38. The van der Waals surface area contributed by atoms with Gasteiger partial charge in [-0.25, -0.2) is 9.59 Å². The fourth-order valence-corrected chi connectivity index (χ4v) is 11.4. The Morgan fingerprint density at radius 1 is 0.618 bits per heavy atom. The molecule has 5 aliphatic rings. The molecule has 0 spiro atoms. The maximum absolute atomic E-state index is 12.2. The van der Waals surface area contributed by atoms with Crippen molar-refractivity contribution in [3.05, 3.63) is 103 Å². The normalized spacial score (nSPS) is 20.3. The zero-order valence-electron chi connectivity index (χ0n) is 45.0. The molecule has 0 aliphatic carbocycles. The lowest BCUT2D eigenvalue weighted by Crippen LogP contribution is -2.50. The van der Waals surface area contributed by atoms with E-state index in [1.54, 1.807) is 9.80 Å². The molecule has 416 valence electrons. The standard InChI is InChI=1S/C19H25ClN2O3.C19H29ClN2O2.C18H23ClN2O3.CO2/c1-13-11-14(3-4-16(13)20)12-21-9-7-15(8-10-21)22-17(19(24)25-2)5-6-18(22)23;1-4-5-18(19(23)24-3)21-16-8-10-22(11-9-16)13-15-6-7-17(20)14(2)12-15;1-12-10-13(2-3-15(12)19)11-20-8-6-14(7-9-20)21-16(18(23)24)4-5-17(21)22;2-1-3/h3-4,11,15,17H,5-10,12H2,1-2H3;6-7,12,16,18,21H,4-5,8-11,13H2,1-3H3;2-3,10,14,16H,4-9,11H2,1H3,(H,23,24);/t17-;18-;16-;/m111./s1. The van der Waals surface area contributed by atoms with Crippen LogP contribution in [0.15, 0.2) is 54.6 Å². The third kappa shape index (κ3) is 18.1. The minimum Gasteiger partial charge on any atom is -0.480 e. The van der Waals surface area contributed by atoms with Crippen LogP contribution in [0.3, 0.4) is 0 Å². The Bertz CT molecular complexity index is 2450. The number of amides is 2. The first-order valence-electron chi connectivity index (χ1n) is 26.6. The van der Waals surface area contributed by atoms with Crippen LogP contribution in [0.5, 0.6) is 0 Å². The van der Waals surface area contributed by atoms with Gasteiger partial charge in [-0.1, -0.05) is 84.5 Å². The third-order valence-corrected chi connectivity index (χ3v) is 16.4. The Balaban J connectivity index is 0.000000205. The van der Waals surface area contributed by atoms with Crippen LogP contribution in [0.25, 0.3) is 0 Å². The summed E-state index contributed by atoms with van der Waals surface area (Å²) in [7, 11) is 2.85. The third-order valence-electron chi connectivity index (χ3n) is 15.1. The summed E-state index contributed by atoms with van der Waals surface area (Å²) < 4.78 is 9.78. The fourth-order valence-electron chi connectivity index (χ4n) is 11.1. The van der Waals surface area contributed by atoms with Crippen molar-refractivity contribution in [1.82, 2.24) is 29.8 Å². The number of aryl methyl sites for hydroxylation is 3. The first kappa shape index (κ1) is 61.9. The molecular weight excluding hydrogens is 1040 g/mol. The van der Waals surface area contributed by atoms with E-state index in [0.29, 0.717) is 31.7 Å². The van der Waals surface area contributed by atoms with Crippen LogP contribution < -0.4 is 5.32 Å². The zero-order chi connectivity index (χ0) is 55.5. The molecule has 3 aromatic carbocycles. The lowest BCUT2D eigenvalue weighted by molar-refractivity contribution is -0.191. The highest BCUT2D eigenvalue weighted by atomic mass is 35.5. The van der Waals surface area contributed by atoms with Gasteiger partial charge in [0.15, 0.2) is 0 Å². The van der Waals surface area contributed by atoms with E-state index in [0.717, 1.165) is 142 Å². The molecule has 0 aromatic heterocycles. The summed E-state index contributed by atoms with van der Waals surface area (Å²) in [5, 5.41) is 15.2. The number of carbonyl (C=O) groups is 5. The van der Waals surface area contributed by atoms with Crippen LogP contribution in [0.1, 0.15) is 117 Å². The molecule has 5 fully saturated rings. The molecule has 2 N–H and O–H groups in total. The van der Waals surface area contributed by atoms with Crippen LogP contribution in [-0.2, 0) is 62.7 Å². The van der Waals surface area contributed by atoms with Crippen molar-refractivity contribution in [1.29, 1.82) is 0 Å². The predicted molar refractivity (Wildman–Crippen MR) is 292 cm³/mol. The summed E-state index contributed by atoms with van der Waals surface area (Å²) >= 11 is 18.3. The average molecular weight is 1110 g/mol. The Labute approximate surface area is 463 Å². The van der Waals surface area contributed by atoms with Crippen molar-refractivity contribution >= 4 is 70.7 Å². The number of esters is 2. The van der Waals surface area contributed by atoms with Crippen molar-refractivity contribution < 1.29 is 48.1 Å². The summed E-state index contributed by atoms with van der Waals surface area (Å²) in [5.74, 6) is -1.22. The van der Waals surface area contributed by atoms with Gasteiger partial charge in [-0.15, -0.1) is 0 Å². The van der Waals surface area contributed by atoms with Crippen LogP contribution in [0, 0.1) is 20.8 Å². The molecule has 0 saturated carbocycles. The summed E-state index contributed by atoms with van der Waals surface area (Å²) in [6.45, 7) is 16.5. The average Bonchev–Trinajstić information content (AvgIpc) is 4.00. The van der Waals surface area contributed by atoms with E-state index in [2.05, 4.69) is 57.3 Å². The Hall–Kier alpha value is -4.90. The molecule has 2 amide bonds. The Morgan fingerprint density at radius 3 is 1.33 bits per heavy atom. The van der Waals surface area contributed by atoms with E-state index in [9.17, 15) is 29.1 Å². The minimum atomic E-state index is -0.875. The van der Waals surface area contributed by atoms with Crippen LogP contribution in [0.2, 0.25) is 15.1 Å². The number of nitrogens with zero attached hydrogens (tertiary/aromatic N) is 5. The van der Waals surface area contributed by atoms with Crippen molar-refractivity contribution in [2.24, 2.45) is 0 Å². The number of methoxy groups -OCH3 is 2. The van der Waals surface area contributed by atoms with Gasteiger partial charge in [-0.05, 0) is 143 Å². The lowest BCUT2D eigenvalue weighted by atomic mass is 10.0. The fraction of sp³-hybridized carbons (Fsp3) is 0.579. The number of ether oxygens (including phenoxy) is 2. The number of rotatable bonds is 15. The highest BCUT2D eigenvalue weighted by Crippen LogP contribution is 2.31. The van der Waals surface area contributed by atoms with Crippen molar-refractivity contribution in [3.63, 3.8) is 0 Å². The predicted octanol–water partition coefficient (Wildman–Crippen LogP) is 8.43. The Kier molecular flexibility index (Phi) is 25.2. The van der Waals surface area contributed by atoms with Gasteiger partial charge in [0.05, 0.1) is 14.2 Å². The number of piperidine rings is 3. The van der Waals surface area contributed by atoms with Crippen molar-refractivity contribution in [2.75, 3.05) is 53.5 Å². The zero-order valence-corrected chi connectivity index (χ0v) is 47.3. The molecule has 0 unspecified atom stereocenters. The first-order valence-corrected chi connectivity index (χ1v) is 27.7. The van der Waals surface area contributed by atoms with Crippen molar-refractivity contribution in [2.45, 2.75) is 161 Å².